The molecule has 0 atom stereocenters. The molecule has 0 unspecified atom stereocenters. The molecule has 0 saturated heterocycles. The Balaban J connectivity index is 2.50. The number of hydrogen-bond donors (Lipinski definition) is 0. The molecule has 0 N–H and O–H groups in total. The largest absolute Gasteiger partial charge is 0.359 e. The first-order valence-corrected chi connectivity index (χ1v) is 3.91. The summed E-state index contributed by atoms with van der Waals surface area (Å²) in [4.78, 5) is 6.32. The second-order valence-corrected chi connectivity index (χ2v) is 2.99. The SMILES string of the molecule is CN1CCc2cc(C#N)cnc21. The van der Waals surface area contributed by atoms with E-state index in [1.807, 2.05) is 13.1 Å². The van der Waals surface area contributed by atoms with Crippen LogP contribution in [0.2, 0.25) is 0 Å². The summed E-state index contributed by atoms with van der Waals surface area (Å²) in [6.45, 7) is 1.01. The molecule has 0 fully saturated rings. The first-order valence-electron chi connectivity index (χ1n) is 3.91. The number of rotatable bonds is 0. The van der Waals surface area contributed by atoms with E-state index in [0.29, 0.717) is 5.56 Å². The molecule has 1 aliphatic heterocycles. The van der Waals surface area contributed by atoms with E-state index in [1.165, 1.54) is 5.56 Å². The standard InChI is InChI=1S/C9H9N3/c1-12-3-2-8-4-7(5-10)6-11-9(8)12/h4,6H,2-3H2,1H3. The Bertz CT molecular complexity index is 351. The maximum absolute atomic E-state index is 8.63. The third-order valence-electron chi connectivity index (χ3n) is 2.15. The Hall–Kier alpha value is -1.56. The van der Waals surface area contributed by atoms with E-state index in [9.17, 15) is 0 Å². The molecule has 3 nitrogen and oxygen atoms in total. The van der Waals surface area contributed by atoms with Crippen molar-refractivity contribution in [3.05, 3.63) is 23.4 Å². The predicted molar refractivity (Wildman–Crippen MR) is 45.9 cm³/mol. The zero-order valence-electron chi connectivity index (χ0n) is 6.91. The van der Waals surface area contributed by atoms with E-state index in [2.05, 4.69) is 16.0 Å². The Morgan fingerprint density at radius 3 is 3.25 bits per heavy atom. The van der Waals surface area contributed by atoms with Crippen molar-refractivity contribution >= 4 is 5.82 Å². The van der Waals surface area contributed by atoms with Gasteiger partial charge in [0.25, 0.3) is 0 Å². The van der Waals surface area contributed by atoms with Crippen molar-refractivity contribution in [3.63, 3.8) is 0 Å². The van der Waals surface area contributed by atoms with Crippen molar-refractivity contribution in [1.82, 2.24) is 4.98 Å². The maximum Gasteiger partial charge on any atom is 0.131 e. The number of nitriles is 1. The van der Waals surface area contributed by atoms with Gasteiger partial charge in [-0.2, -0.15) is 5.26 Å². The van der Waals surface area contributed by atoms with Gasteiger partial charge in [0.1, 0.15) is 11.9 Å². The van der Waals surface area contributed by atoms with Crippen LogP contribution in [0.4, 0.5) is 5.82 Å². The van der Waals surface area contributed by atoms with Gasteiger partial charge < -0.3 is 4.90 Å². The second kappa shape index (κ2) is 2.49. The summed E-state index contributed by atoms with van der Waals surface area (Å²) in [5, 5.41) is 8.63. The molecular weight excluding hydrogens is 150 g/mol. The fourth-order valence-electron chi connectivity index (χ4n) is 1.49. The Morgan fingerprint density at radius 1 is 1.67 bits per heavy atom. The molecule has 1 aliphatic rings. The number of pyridine rings is 1. The molecule has 0 aromatic carbocycles. The first kappa shape index (κ1) is 7.11. The number of aromatic nitrogens is 1. The Morgan fingerprint density at radius 2 is 2.50 bits per heavy atom. The van der Waals surface area contributed by atoms with Gasteiger partial charge in [0, 0.05) is 19.8 Å². The third-order valence-corrected chi connectivity index (χ3v) is 2.15. The van der Waals surface area contributed by atoms with Crippen molar-refractivity contribution < 1.29 is 0 Å². The maximum atomic E-state index is 8.63. The van der Waals surface area contributed by atoms with Gasteiger partial charge in [0.2, 0.25) is 0 Å². The normalized spacial score (nSPS) is 14.2. The fraction of sp³-hybridized carbons (Fsp3) is 0.333. The predicted octanol–water partition coefficient (Wildman–Crippen LogP) is 0.946. The molecule has 1 aromatic rings. The van der Waals surface area contributed by atoms with Gasteiger partial charge >= 0.3 is 0 Å². The number of fused-ring (bicyclic) bond motifs is 1. The summed E-state index contributed by atoms with van der Waals surface area (Å²) in [6.07, 6.45) is 2.63. The summed E-state index contributed by atoms with van der Waals surface area (Å²) in [7, 11) is 2.02. The highest BCUT2D eigenvalue weighted by atomic mass is 15.2. The molecule has 60 valence electrons. The lowest BCUT2D eigenvalue weighted by Crippen LogP contribution is -2.13. The van der Waals surface area contributed by atoms with Crippen LogP contribution in [0.3, 0.4) is 0 Å². The molecule has 1 aromatic heterocycles. The highest BCUT2D eigenvalue weighted by Gasteiger charge is 2.16. The summed E-state index contributed by atoms with van der Waals surface area (Å²) in [5.41, 5.74) is 1.85. The van der Waals surface area contributed by atoms with Gasteiger partial charge in [-0.05, 0) is 18.1 Å². The lowest BCUT2D eigenvalue weighted by Gasteiger charge is -2.09. The molecule has 0 aliphatic carbocycles. The van der Waals surface area contributed by atoms with E-state index in [-0.39, 0.29) is 0 Å². The van der Waals surface area contributed by atoms with Gasteiger partial charge in [-0.25, -0.2) is 4.98 Å². The van der Waals surface area contributed by atoms with Crippen molar-refractivity contribution in [2.45, 2.75) is 6.42 Å². The van der Waals surface area contributed by atoms with Crippen LogP contribution in [0.25, 0.3) is 0 Å². The van der Waals surface area contributed by atoms with Crippen molar-refractivity contribution in [1.29, 1.82) is 5.26 Å². The van der Waals surface area contributed by atoms with Crippen LogP contribution >= 0.6 is 0 Å². The van der Waals surface area contributed by atoms with Gasteiger partial charge in [-0.3, -0.25) is 0 Å². The molecule has 0 saturated carbocycles. The number of hydrogen-bond acceptors (Lipinski definition) is 3. The average Bonchev–Trinajstić information content (AvgIpc) is 2.47. The minimum atomic E-state index is 0.657. The lowest BCUT2D eigenvalue weighted by atomic mass is 10.2. The number of anilines is 1. The van der Waals surface area contributed by atoms with Crippen LogP contribution in [0.1, 0.15) is 11.1 Å². The summed E-state index contributed by atoms with van der Waals surface area (Å²) in [5.74, 6) is 1.02. The minimum absolute atomic E-state index is 0.657. The third kappa shape index (κ3) is 0.928. The number of nitrogens with zero attached hydrogens (tertiary/aromatic N) is 3. The summed E-state index contributed by atoms with van der Waals surface area (Å²) < 4.78 is 0. The molecule has 12 heavy (non-hydrogen) atoms. The molecule has 3 heteroatoms. The van der Waals surface area contributed by atoms with Crippen LogP contribution in [0, 0.1) is 11.3 Å². The van der Waals surface area contributed by atoms with Crippen molar-refractivity contribution in [3.8, 4) is 6.07 Å². The summed E-state index contributed by atoms with van der Waals surface area (Å²) in [6, 6.07) is 4.01. The monoisotopic (exact) mass is 159 g/mol. The van der Waals surface area contributed by atoms with E-state index < -0.39 is 0 Å². The molecule has 0 radical (unpaired) electrons. The quantitative estimate of drug-likeness (QED) is 0.565. The zero-order valence-corrected chi connectivity index (χ0v) is 6.91. The van der Waals surface area contributed by atoms with Crippen molar-refractivity contribution in [2.24, 2.45) is 0 Å². The molecule has 2 heterocycles. The highest BCUT2D eigenvalue weighted by Crippen LogP contribution is 2.23. The van der Waals surface area contributed by atoms with Crippen LogP contribution in [-0.4, -0.2) is 18.6 Å². The van der Waals surface area contributed by atoms with Crippen LogP contribution < -0.4 is 4.90 Å². The van der Waals surface area contributed by atoms with Gasteiger partial charge in [0.05, 0.1) is 5.56 Å². The summed E-state index contributed by atoms with van der Waals surface area (Å²) >= 11 is 0. The van der Waals surface area contributed by atoms with E-state index in [1.54, 1.807) is 6.20 Å². The molecule has 0 amide bonds. The molecular formula is C9H9N3. The molecule has 0 bridgehead atoms. The number of likely N-dealkylation sites (N-methyl/N-ethyl adjacent to an activating group) is 1. The highest BCUT2D eigenvalue weighted by molar-refractivity contribution is 5.53. The van der Waals surface area contributed by atoms with E-state index in [0.717, 1.165) is 18.8 Å². The first-order chi connectivity index (χ1) is 5.81. The zero-order chi connectivity index (χ0) is 8.55. The minimum Gasteiger partial charge on any atom is -0.359 e. The Kier molecular flexibility index (Phi) is 1.47. The lowest BCUT2D eigenvalue weighted by molar-refractivity contribution is 0.945. The molecule has 0 spiro atoms. The van der Waals surface area contributed by atoms with Gasteiger partial charge in [0.15, 0.2) is 0 Å². The van der Waals surface area contributed by atoms with Crippen LogP contribution in [-0.2, 0) is 6.42 Å². The Labute approximate surface area is 71.3 Å². The van der Waals surface area contributed by atoms with Crippen LogP contribution in [0.15, 0.2) is 12.3 Å². The molecule has 2 rings (SSSR count). The second-order valence-electron chi connectivity index (χ2n) is 2.99. The fourth-order valence-corrected chi connectivity index (χ4v) is 1.49. The van der Waals surface area contributed by atoms with Crippen molar-refractivity contribution in [2.75, 3.05) is 18.5 Å². The smallest absolute Gasteiger partial charge is 0.131 e. The average molecular weight is 159 g/mol. The van der Waals surface area contributed by atoms with Gasteiger partial charge in [-0.1, -0.05) is 0 Å². The topological polar surface area (TPSA) is 39.9 Å². The van der Waals surface area contributed by atoms with Gasteiger partial charge in [-0.15, -0.1) is 0 Å². The van der Waals surface area contributed by atoms with Crippen LogP contribution in [0.5, 0.6) is 0 Å². The van der Waals surface area contributed by atoms with E-state index in [4.69, 9.17) is 5.26 Å². The van der Waals surface area contributed by atoms with E-state index >= 15 is 0 Å².